The fraction of sp³-hybridized carbons (Fsp3) is 0.182. The van der Waals surface area contributed by atoms with E-state index in [1.165, 1.54) is 18.2 Å². The summed E-state index contributed by atoms with van der Waals surface area (Å²) in [6, 6.07) is 5.38. The third kappa shape index (κ3) is 2.29. The normalized spacial score (nSPS) is 11.8. The van der Waals surface area contributed by atoms with Crippen LogP contribution in [0.3, 0.4) is 0 Å². The molecule has 0 fully saturated rings. The van der Waals surface area contributed by atoms with Crippen LogP contribution in [0.25, 0.3) is 0 Å². The zero-order chi connectivity index (χ0) is 13.3. The van der Waals surface area contributed by atoms with Crippen molar-refractivity contribution in [1.29, 1.82) is 0 Å². The number of alkyl halides is 3. The van der Waals surface area contributed by atoms with Crippen LogP contribution in [0.15, 0.2) is 29.1 Å². The number of halogens is 4. The lowest BCUT2D eigenvalue weighted by Crippen LogP contribution is -2.14. The highest BCUT2D eigenvalue weighted by Gasteiger charge is 2.36. The van der Waals surface area contributed by atoms with E-state index >= 15 is 0 Å². The van der Waals surface area contributed by atoms with E-state index < -0.39 is 35.2 Å². The Morgan fingerprint density at radius 2 is 1.78 bits per heavy atom. The fourth-order valence-electron chi connectivity index (χ4n) is 1.63. The number of hydrogen-bond donors (Lipinski definition) is 2. The van der Waals surface area contributed by atoms with Crippen LogP contribution in [0.5, 0.6) is 0 Å². The second-order valence-corrected chi connectivity index (χ2v) is 3.70. The number of benzene rings is 1. The van der Waals surface area contributed by atoms with E-state index in [0.29, 0.717) is 0 Å². The molecule has 0 bridgehead atoms. The van der Waals surface area contributed by atoms with Gasteiger partial charge in [0.2, 0.25) is 0 Å². The van der Waals surface area contributed by atoms with E-state index in [-0.39, 0.29) is 5.56 Å². The molecule has 1 heterocycles. The predicted octanol–water partition coefficient (Wildman–Crippen LogP) is 2.45. The first-order chi connectivity index (χ1) is 8.39. The van der Waals surface area contributed by atoms with Gasteiger partial charge in [-0.1, -0.05) is 18.2 Å². The van der Waals surface area contributed by atoms with Crippen molar-refractivity contribution < 1.29 is 17.6 Å². The Balaban J connectivity index is 2.44. The van der Waals surface area contributed by atoms with Gasteiger partial charge in [-0.25, -0.2) is 4.39 Å². The molecule has 2 aromatic rings. The molecule has 0 spiro atoms. The average Bonchev–Trinajstić information content (AvgIpc) is 2.63. The van der Waals surface area contributed by atoms with E-state index in [4.69, 9.17) is 0 Å². The Bertz CT molecular complexity index is 612. The lowest BCUT2D eigenvalue weighted by Gasteiger charge is -2.06. The molecule has 0 saturated carbocycles. The van der Waals surface area contributed by atoms with Gasteiger partial charge < -0.3 is 0 Å². The van der Waals surface area contributed by atoms with Crippen LogP contribution in [0, 0.1) is 5.82 Å². The first kappa shape index (κ1) is 12.4. The van der Waals surface area contributed by atoms with Gasteiger partial charge in [0.25, 0.3) is 5.56 Å². The third-order valence-corrected chi connectivity index (χ3v) is 2.49. The molecular weight excluding hydrogens is 252 g/mol. The molecular formula is C11H8F4N2O. The zero-order valence-electron chi connectivity index (χ0n) is 8.94. The standard InChI is InChI=1S/C11H8F4N2O/c12-8-4-2-1-3-6(8)5-7-9(11(13,14)15)16-17-10(7)18/h1-4H,5H2,(H2,16,17,18). The lowest BCUT2D eigenvalue weighted by atomic mass is 10.0. The Labute approximate surface area is 98.4 Å². The van der Waals surface area contributed by atoms with Crippen LogP contribution in [0.4, 0.5) is 17.6 Å². The summed E-state index contributed by atoms with van der Waals surface area (Å²) in [5, 5.41) is 3.63. The van der Waals surface area contributed by atoms with Crippen molar-refractivity contribution >= 4 is 0 Å². The second kappa shape index (κ2) is 4.32. The highest BCUT2D eigenvalue weighted by Crippen LogP contribution is 2.29. The lowest BCUT2D eigenvalue weighted by molar-refractivity contribution is -0.141. The number of H-pyrrole nitrogens is 2. The van der Waals surface area contributed by atoms with Gasteiger partial charge in [-0.05, 0) is 11.6 Å². The SMILES string of the molecule is O=c1[nH][nH]c(C(F)(F)F)c1Cc1ccccc1F. The predicted molar refractivity (Wildman–Crippen MR) is 55.6 cm³/mol. The molecule has 0 unspecified atom stereocenters. The zero-order valence-corrected chi connectivity index (χ0v) is 8.94. The fourth-order valence-corrected chi connectivity index (χ4v) is 1.63. The highest BCUT2D eigenvalue weighted by molar-refractivity contribution is 5.29. The van der Waals surface area contributed by atoms with Gasteiger partial charge in [-0.2, -0.15) is 13.2 Å². The maximum atomic E-state index is 13.3. The van der Waals surface area contributed by atoms with Crippen molar-refractivity contribution in [2.75, 3.05) is 0 Å². The maximum absolute atomic E-state index is 13.3. The number of aromatic amines is 2. The molecule has 1 aromatic carbocycles. The molecule has 96 valence electrons. The van der Waals surface area contributed by atoms with Gasteiger partial charge in [-0.3, -0.25) is 15.0 Å². The summed E-state index contributed by atoms with van der Waals surface area (Å²) in [4.78, 5) is 11.3. The number of hydrogen-bond acceptors (Lipinski definition) is 1. The van der Waals surface area contributed by atoms with Gasteiger partial charge >= 0.3 is 6.18 Å². The van der Waals surface area contributed by atoms with Crippen LogP contribution in [-0.2, 0) is 12.6 Å². The molecule has 3 nitrogen and oxygen atoms in total. The summed E-state index contributed by atoms with van der Waals surface area (Å²) in [5.74, 6) is -0.647. The molecule has 18 heavy (non-hydrogen) atoms. The number of rotatable bonds is 2. The van der Waals surface area contributed by atoms with Crippen molar-refractivity contribution in [2.24, 2.45) is 0 Å². The highest BCUT2D eigenvalue weighted by atomic mass is 19.4. The number of nitrogens with one attached hydrogen (secondary N) is 2. The molecule has 0 amide bonds. The van der Waals surface area contributed by atoms with Crippen LogP contribution in [0.1, 0.15) is 16.8 Å². The van der Waals surface area contributed by atoms with Gasteiger partial charge in [-0.15, -0.1) is 0 Å². The quantitative estimate of drug-likeness (QED) is 0.800. The van der Waals surface area contributed by atoms with Crippen LogP contribution in [-0.4, -0.2) is 10.2 Å². The first-order valence-electron chi connectivity index (χ1n) is 4.99. The molecule has 2 rings (SSSR count). The molecule has 0 radical (unpaired) electrons. The van der Waals surface area contributed by atoms with E-state index in [0.717, 1.165) is 6.07 Å². The van der Waals surface area contributed by atoms with Gasteiger partial charge in [0, 0.05) is 6.42 Å². The molecule has 0 aliphatic rings. The molecule has 7 heteroatoms. The van der Waals surface area contributed by atoms with E-state index in [1.54, 1.807) is 5.10 Å². The smallest absolute Gasteiger partial charge is 0.293 e. The topological polar surface area (TPSA) is 48.6 Å². The molecule has 1 aromatic heterocycles. The van der Waals surface area contributed by atoms with Crippen LogP contribution >= 0.6 is 0 Å². The van der Waals surface area contributed by atoms with E-state index in [2.05, 4.69) is 0 Å². The monoisotopic (exact) mass is 260 g/mol. The van der Waals surface area contributed by atoms with Gasteiger partial charge in [0.1, 0.15) is 11.5 Å². The summed E-state index contributed by atoms with van der Waals surface area (Å²) in [5.41, 5.74) is -2.55. The first-order valence-corrected chi connectivity index (χ1v) is 4.99. The molecule has 0 saturated heterocycles. The largest absolute Gasteiger partial charge is 0.433 e. The van der Waals surface area contributed by atoms with Crippen LogP contribution in [0.2, 0.25) is 0 Å². The minimum atomic E-state index is -4.68. The summed E-state index contributed by atoms with van der Waals surface area (Å²) in [7, 11) is 0. The molecule has 2 N–H and O–H groups in total. The van der Waals surface area contributed by atoms with Gasteiger partial charge in [0.15, 0.2) is 0 Å². The van der Waals surface area contributed by atoms with Crippen molar-refractivity contribution in [3.8, 4) is 0 Å². The Kier molecular flexibility index (Phi) is 2.98. The molecule has 0 atom stereocenters. The number of aromatic nitrogens is 2. The molecule has 0 aliphatic heterocycles. The van der Waals surface area contributed by atoms with E-state index in [1.807, 2.05) is 5.10 Å². The Hall–Kier alpha value is -2.05. The minimum Gasteiger partial charge on any atom is -0.293 e. The summed E-state index contributed by atoms with van der Waals surface area (Å²) in [6.07, 6.45) is -5.10. The third-order valence-electron chi connectivity index (χ3n) is 2.49. The Morgan fingerprint density at radius 1 is 1.11 bits per heavy atom. The Morgan fingerprint density at radius 3 is 2.39 bits per heavy atom. The summed E-state index contributed by atoms with van der Waals surface area (Å²) in [6.45, 7) is 0. The van der Waals surface area contributed by atoms with Crippen molar-refractivity contribution in [2.45, 2.75) is 12.6 Å². The summed E-state index contributed by atoms with van der Waals surface area (Å²) >= 11 is 0. The van der Waals surface area contributed by atoms with Crippen molar-refractivity contribution in [1.82, 2.24) is 10.2 Å². The maximum Gasteiger partial charge on any atom is 0.433 e. The van der Waals surface area contributed by atoms with Crippen molar-refractivity contribution in [3.05, 3.63) is 57.3 Å². The molecule has 0 aliphatic carbocycles. The van der Waals surface area contributed by atoms with E-state index in [9.17, 15) is 22.4 Å². The minimum absolute atomic E-state index is 0.0353. The average molecular weight is 260 g/mol. The van der Waals surface area contributed by atoms with Gasteiger partial charge in [0.05, 0.1) is 5.56 Å². The second-order valence-electron chi connectivity index (χ2n) is 3.70. The van der Waals surface area contributed by atoms with Crippen LogP contribution < -0.4 is 5.56 Å². The van der Waals surface area contributed by atoms with Crippen molar-refractivity contribution in [3.63, 3.8) is 0 Å². The summed E-state index contributed by atoms with van der Waals surface area (Å²) < 4.78 is 51.1.